The fraction of sp³-hybridized carbons (Fsp3) is 0.571. The molecule has 0 radical (unpaired) electrons. The number of amides is 1. The predicted molar refractivity (Wildman–Crippen MR) is 68.9 cm³/mol. The Labute approximate surface area is 111 Å². The number of aromatic nitrogens is 1. The van der Waals surface area contributed by atoms with E-state index in [1.165, 1.54) is 12.3 Å². The van der Waals surface area contributed by atoms with E-state index in [9.17, 15) is 9.18 Å². The van der Waals surface area contributed by atoms with E-state index in [0.29, 0.717) is 23.9 Å². The smallest absolute Gasteiger partial charge is 0.255 e. The Bertz CT molecular complexity index is 493. The van der Waals surface area contributed by atoms with Crippen molar-refractivity contribution >= 4 is 5.91 Å². The summed E-state index contributed by atoms with van der Waals surface area (Å²) in [6.07, 6.45) is 5.86. The largest absolute Gasteiger partial charge is 0.338 e. The first kappa shape index (κ1) is 12.5. The van der Waals surface area contributed by atoms with E-state index in [-0.39, 0.29) is 11.9 Å². The summed E-state index contributed by atoms with van der Waals surface area (Å²) in [6.45, 7) is 1.44. The van der Waals surface area contributed by atoms with E-state index < -0.39 is 5.82 Å². The van der Waals surface area contributed by atoms with Gasteiger partial charge in [-0.2, -0.15) is 0 Å². The summed E-state index contributed by atoms with van der Waals surface area (Å²) in [5, 5.41) is 0. The lowest BCUT2D eigenvalue weighted by Gasteiger charge is -2.29. The van der Waals surface area contributed by atoms with E-state index in [1.807, 2.05) is 0 Å². The van der Waals surface area contributed by atoms with Crippen LogP contribution < -0.4 is 5.73 Å². The van der Waals surface area contributed by atoms with Gasteiger partial charge in [0.25, 0.3) is 5.91 Å². The van der Waals surface area contributed by atoms with Gasteiger partial charge in [-0.3, -0.25) is 9.78 Å². The number of pyridine rings is 1. The van der Waals surface area contributed by atoms with Gasteiger partial charge in [0.15, 0.2) is 0 Å². The summed E-state index contributed by atoms with van der Waals surface area (Å²) in [4.78, 5) is 17.9. The van der Waals surface area contributed by atoms with E-state index in [0.717, 1.165) is 32.0 Å². The Kier molecular flexibility index (Phi) is 3.22. The molecule has 1 aromatic rings. The summed E-state index contributed by atoms with van der Waals surface area (Å²) in [5.41, 5.74) is 6.46. The van der Waals surface area contributed by atoms with Gasteiger partial charge in [-0.25, -0.2) is 4.39 Å². The average Bonchev–Trinajstić information content (AvgIpc) is 2.83. The average molecular weight is 263 g/mol. The van der Waals surface area contributed by atoms with Crippen LogP contribution in [0.25, 0.3) is 0 Å². The second-order valence-corrected chi connectivity index (χ2v) is 5.62. The zero-order valence-electron chi connectivity index (χ0n) is 10.8. The molecule has 1 amide bonds. The molecular weight excluding hydrogens is 245 g/mol. The highest BCUT2D eigenvalue weighted by molar-refractivity contribution is 5.94. The molecule has 0 spiro atoms. The molecule has 1 aliphatic carbocycles. The number of halogens is 1. The Morgan fingerprint density at radius 2 is 2.21 bits per heavy atom. The molecule has 2 aliphatic rings. The molecule has 4 nitrogen and oxygen atoms in total. The molecule has 2 heterocycles. The maximum absolute atomic E-state index is 13.1. The first-order valence-corrected chi connectivity index (χ1v) is 6.80. The number of carbonyl (C=O) groups is 1. The fourth-order valence-corrected chi connectivity index (χ4v) is 3.39. The van der Waals surface area contributed by atoms with Crippen molar-refractivity contribution in [2.45, 2.75) is 25.3 Å². The molecule has 1 aliphatic heterocycles. The maximum atomic E-state index is 13.1. The molecule has 2 fully saturated rings. The number of hydrogen-bond acceptors (Lipinski definition) is 3. The van der Waals surface area contributed by atoms with Gasteiger partial charge in [-0.15, -0.1) is 0 Å². The Morgan fingerprint density at radius 1 is 1.37 bits per heavy atom. The molecule has 3 rings (SSSR count). The molecule has 1 saturated carbocycles. The van der Waals surface area contributed by atoms with Gasteiger partial charge in [0, 0.05) is 25.3 Å². The zero-order valence-corrected chi connectivity index (χ0v) is 10.8. The van der Waals surface area contributed by atoms with E-state index in [4.69, 9.17) is 5.73 Å². The van der Waals surface area contributed by atoms with Crippen molar-refractivity contribution < 1.29 is 9.18 Å². The van der Waals surface area contributed by atoms with Crippen LogP contribution in [0.15, 0.2) is 18.5 Å². The third kappa shape index (κ3) is 2.34. The number of hydrogen-bond donors (Lipinski definition) is 1. The number of nitrogens with zero attached hydrogens (tertiary/aromatic N) is 2. The first-order valence-electron chi connectivity index (χ1n) is 6.80. The Morgan fingerprint density at radius 3 is 2.95 bits per heavy atom. The van der Waals surface area contributed by atoms with Crippen LogP contribution in [-0.2, 0) is 0 Å². The van der Waals surface area contributed by atoms with Crippen LogP contribution in [0.5, 0.6) is 0 Å². The molecule has 2 N–H and O–H groups in total. The summed E-state index contributed by atoms with van der Waals surface area (Å²) < 4.78 is 13.1. The molecular formula is C14H18FN3O. The molecule has 5 heteroatoms. The van der Waals surface area contributed by atoms with E-state index in [2.05, 4.69) is 4.98 Å². The van der Waals surface area contributed by atoms with Crippen LogP contribution >= 0.6 is 0 Å². The SMILES string of the molecule is NC1CCCC2CN(C(=O)c3cncc(F)c3)CC12. The number of rotatable bonds is 1. The quantitative estimate of drug-likeness (QED) is 0.833. The summed E-state index contributed by atoms with van der Waals surface area (Å²) in [6, 6.07) is 1.44. The molecule has 19 heavy (non-hydrogen) atoms. The van der Waals surface area contributed by atoms with Gasteiger partial charge in [-0.1, -0.05) is 6.42 Å². The number of likely N-dealkylation sites (tertiary alicyclic amines) is 1. The molecule has 0 bridgehead atoms. The molecule has 1 aromatic heterocycles. The summed E-state index contributed by atoms with van der Waals surface area (Å²) >= 11 is 0. The first-order chi connectivity index (χ1) is 9.15. The molecule has 0 aromatic carbocycles. The van der Waals surface area contributed by atoms with Crippen molar-refractivity contribution in [2.24, 2.45) is 17.6 Å². The summed E-state index contributed by atoms with van der Waals surface area (Å²) in [5.74, 6) is 0.307. The second-order valence-electron chi connectivity index (χ2n) is 5.62. The van der Waals surface area contributed by atoms with Gasteiger partial charge in [0.05, 0.1) is 11.8 Å². The molecule has 3 unspecified atom stereocenters. The molecule has 102 valence electrons. The molecule has 1 saturated heterocycles. The highest BCUT2D eigenvalue weighted by atomic mass is 19.1. The van der Waals surface area contributed by atoms with Gasteiger partial charge < -0.3 is 10.6 Å². The zero-order chi connectivity index (χ0) is 13.4. The lowest BCUT2D eigenvalue weighted by atomic mass is 9.78. The maximum Gasteiger partial charge on any atom is 0.255 e. The standard InChI is InChI=1S/C14H18FN3O/c15-11-4-10(5-17-6-11)14(19)18-7-9-2-1-3-13(16)12(9)8-18/h4-6,9,12-13H,1-3,7-8,16H2. The minimum atomic E-state index is -0.473. The van der Waals surface area contributed by atoms with Crippen LogP contribution in [0.3, 0.4) is 0 Å². The molecule has 3 atom stereocenters. The van der Waals surface area contributed by atoms with Crippen molar-refractivity contribution in [1.82, 2.24) is 9.88 Å². The lowest BCUT2D eigenvalue weighted by Crippen LogP contribution is -2.38. The van der Waals surface area contributed by atoms with Crippen LogP contribution in [0.2, 0.25) is 0 Å². The van der Waals surface area contributed by atoms with Gasteiger partial charge in [-0.05, 0) is 30.7 Å². The lowest BCUT2D eigenvalue weighted by molar-refractivity contribution is 0.0782. The monoisotopic (exact) mass is 263 g/mol. The van der Waals surface area contributed by atoms with Gasteiger partial charge >= 0.3 is 0 Å². The third-order valence-electron chi connectivity index (χ3n) is 4.39. The van der Waals surface area contributed by atoms with Gasteiger partial charge in [0.1, 0.15) is 5.82 Å². The fourth-order valence-electron chi connectivity index (χ4n) is 3.39. The minimum Gasteiger partial charge on any atom is -0.338 e. The van der Waals surface area contributed by atoms with Crippen molar-refractivity contribution in [2.75, 3.05) is 13.1 Å². The van der Waals surface area contributed by atoms with Crippen molar-refractivity contribution in [3.8, 4) is 0 Å². The van der Waals surface area contributed by atoms with Gasteiger partial charge in [0.2, 0.25) is 0 Å². The summed E-state index contributed by atoms with van der Waals surface area (Å²) in [7, 11) is 0. The van der Waals surface area contributed by atoms with E-state index in [1.54, 1.807) is 4.90 Å². The van der Waals surface area contributed by atoms with Crippen molar-refractivity contribution in [1.29, 1.82) is 0 Å². The van der Waals surface area contributed by atoms with Crippen LogP contribution in [0.4, 0.5) is 4.39 Å². The highest BCUT2D eigenvalue weighted by Gasteiger charge is 2.40. The van der Waals surface area contributed by atoms with Crippen molar-refractivity contribution in [3.05, 3.63) is 29.8 Å². The van der Waals surface area contributed by atoms with Crippen LogP contribution in [0, 0.1) is 17.7 Å². The number of nitrogens with two attached hydrogens (primary N) is 1. The normalized spacial score (nSPS) is 30.2. The third-order valence-corrected chi connectivity index (χ3v) is 4.39. The Hall–Kier alpha value is -1.49. The van der Waals surface area contributed by atoms with E-state index >= 15 is 0 Å². The van der Waals surface area contributed by atoms with Crippen LogP contribution in [0.1, 0.15) is 29.6 Å². The predicted octanol–water partition coefficient (Wildman–Crippen LogP) is 1.42. The topological polar surface area (TPSA) is 59.2 Å². The highest BCUT2D eigenvalue weighted by Crippen LogP contribution is 2.35. The minimum absolute atomic E-state index is 0.131. The Balaban J connectivity index is 1.75. The van der Waals surface area contributed by atoms with Crippen molar-refractivity contribution in [3.63, 3.8) is 0 Å². The number of fused-ring (bicyclic) bond motifs is 1. The second kappa shape index (κ2) is 4.89. The number of carbonyl (C=O) groups excluding carboxylic acids is 1. The van der Waals surface area contributed by atoms with Crippen LogP contribution in [-0.4, -0.2) is 34.9 Å².